The Balaban J connectivity index is 3.20. The van der Waals surface area contributed by atoms with Crippen molar-refractivity contribution in [3.05, 3.63) is 56.5 Å². The largest absolute Gasteiger partial charge is 0.468 e. The Hall–Kier alpha value is -2.03. The fourth-order valence-electron chi connectivity index (χ4n) is 2.58. The smallest absolute Gasteiger partial charge is 0.291 e. The van der Waals surface area contributed by atoms with Gasteiger partial charge in [-0.3, -0.25) is 4.79 Å². The lowest BCUT2D eigenvalue weighted by Crippen LogP contribution is -2.12. The van der Waals surface area contributed by atoms with E-state index < -0.39 is 0 Å². The second-order valence-corrected chi connectivity index (χ2v) is 6.80. The summed E-state index contributed by atoms with van der Waals surface area (Å²) in [4.78, 5) is 12.3. The van der Waals surface area contributed by atoms with Gasteiger partial charge < -0.3 is 9.15 Å². The lowest BCUT2D eigenvalue weighted by Gasteiger charge is -2.10. The molecule has 0 bridgehead atoms. The van der Waals surface area contributed by atoms with Crippen LogP contribution in [-0.4, -0.2) is 7.11 Å². The summed E-state index contributed by atoms with van der Waals surface area (Å²) >= 11 is 0. The van der Waals surface area contributed by atoms with E-state index in [0.717, 1.165) is 17.6 Å². The predicted molar refractivity (Wildman–Crippen MR) is 102 cm³/mol. The molecule has 0 aromatic carbocycles. The number of methoxy groups -OCH3 is 1. The Bertz CT molecular complexity index is 728. The highest BCUT2D eigenvalue weighted by Gasteiger charge is 2.15. The molecule has 0 aliphatic rings. The molecule has 0 unspecified atom stereocenters. The van der Waals surface area contributed by atoms with Crippen LogP contribution in [0.2, 0.25) is 0 Å². The van der Waals surface area contributed by atoms with Gasteiger partial charge in [0.25, 0.3) is 5.95 Å². The molecule has 0 aliphatic carbocycles. The van der Waals surface area contributed by atoms with Gasteiger partial charge in [-0.05, 0) is 52.5 Å². The summed E-state index contributed by atoms with van der Waals surface area (Å²) in [6.45, 7) is 14.0. The van der Waals surface area contributed by atoms with Gasteiger partial charge in [0.05, 0.1) is 12.7 Å². The topological polar surface area (TPSA) is 39.4 Å². The quantitative estimate of drug-likeness (QED) is 0.637. The lowest BCUT2D eigenvalue weighted by atomic mass is 10.0. The van der Waals surface area contributed by atoms with Crippen molar-refractivity contribution in [1.29, 1.82) is 0 Å². The maximum absolute atomic E-state index is 12.3. The standard InChI is InChI=1S/C21H30O3/c1-13(2)9-10-14(3)11-15(4)12-16(5)20-17(6)19(22)18(7)21(23-8)24-20/h10-13H,9H2,1-8H3/b14-10+,15-11+,16-12-. The summed E-state index contributed by atoms with van der Waals surface area (Å²) in [5.41, 5.74) is 4.36. The molecule has 0 aliphatic heterocycles. The third-order valence-electron chi connectivity index (χ3n) is 3.88. The third-order valence-corrected chi connectivity index (χ3v) is 3.88. The molecule has 0 N–H and O–H groups in total. The molecule has 1 heterocycles. The molecule has 0 saturated carbocycles. The summed E-state index contributed by atoms with van der Waals surface area (Å²) < 4.78 is 11.0. The molecule has 0 radical (unpaired) electrons. The van der Waals surface area contributed by atoms with Gasteiger partial charge in [0.15, 0.2) is 5.43 Å². The summed E-state index contributed by atoms with van der Waals surface area (Å²) in [5, 5.41) is 0. The van der Waals surface area contributed by atoms with Crippen molar-refractivity contribution in [1.82, 2.24) is 0 Å². The fraction of sp³-hybridized carbons (Fsp3) is 0.476. The fourth-order valence-corrected chi connectivity index (χ4v) is 2.58. The molecule has 0 spiro atoms. The first-order valence-corrected chi connectivity index (χ1v) is 8.39. The summed E-state index contributed by atoms with van der Waals surface area (Å²) in [5.74, 6) is 1.52. The van der Waals surface area contributed by atoms with Crippen LogP contribution in [0.15, 0.2) is 38.6 Å². The van der Waals surface area contributed by atoms with Crippen LogP contribution in [0.3, 0.4) is 0 Å². The van der Waals surface area contributed by atoms with Gasteiger partial charge in [0.2, 0.25) is 0 Å². The van der Waals surface area contributed by atoms with Gasteiger partial charge >= 0.3 is 0 Å². The minimum Gasteiger partial charge on any atom is -0.468 e. The first-order chi connectivity index (χ1) is 11.2. The highest BCUT2D eigenvalue weighted by molar-refractivity contribution is 5.65. The first-order valence-electron chi connectivity index (χ1n) is 8.39. The van der Waals surface area contributed by atoms with Crippen molar-refractivity contribution in [2.75, 3.05) is 7.11 Å². The van der Waals surface area contributed by atoms with Crippen LogP contribution in [0.4, 0.5) is 0 Å². The maximum atomic E-state index is 12.3. The first kappa shape index (κ1) is 20.0. The van der Waals surface area contributed by atoms with Gasteiger partial charge in [-0.2, -0.15) is 0 Å². The monoisotopic (exact) mass is 330 g/mol. The third kappa shape index (κ3) is 5.26. The van der Waals surface area contributed by atoms with E-state index in [2.05, 4.69) is 39.8 Å². The van der Waals surface area contributed by atoms with Crippen molar-refractivity contribution >= 4 is 5.57 Å². The van der Waals surface area contributed by atoms with Crippen molar-refractivity contribution in [3.8, 4) is 5.95 Å². The number of allylic oxidation sites excluding steroid dienone is 6. The molecule has 1 aromatic heterocycles. The van der Waals surface area contributed by atoms with Crippen molar-refractivity contribution in [2.24, 2.45) is 5.92 Å². The average Bonchev–Trinajstić information content (AvgIpc) is 2.50. The van der Waals surface area contributed by atoms with Gasteiger partial charge in [0.1, 0.15) is 5.76 Å². The zero-order valence-corrected chi connectivity index (χ0v) is 16.2. The molecule has 1 aromatic rings. The van der Waals surface area contributed by atoms with E-state index in [1.54, 1.807) is 13.8 Å². The number of rotatable bonds is 6. The number of hydrogen-bond acceptors (Lipinski definition) is 3. The minimum absolute atomic E-state index is 0.0320. The normalized spacial score (nSPS) is 13.6. The van der Waals surface area contributed by atoms with Crippen molar-refractivity contribution < 1.29 is 9.15 Å². The molecule has 1 rings (SSSR count). The summed E-state index contributed by atoms with van der Waals surface area (Å²) in [7, 11) is 1.51. The lowest BCUT2D eigenvalue weighted by molar-refractivity contribution is 0.288. The molecule has 0 atom stereocenters. The number of hydrogen-bond donors (Lipinski definition) is 0. The van der Waals surface area contributed by atoms with Crippen LogP contribution >= 0.6 is 0 Å². The van der Waals surface area contributed by atoms with Crippen LogP contribution in [0, 0.1) is 19.8 Å². The summed E-state index contributed by atoms with van der Waals surface area (Å²) in [6, 6.07) is 0. The molecule has 24 heavy (non-hydrogen) atoms. The van der Waals surface area contributed by atoms with E-state index >= 15 is 0 Å². The van der Waals surface area contributed by atoms with Gasteiger partial charge in [-0.25, -0.2) is 0 Å². The Morgan fingerprint density at radius 2 is 1.71 bits per heavy atom. The van der Waals surface area contributed by atoms with E-state index in [9.17, 15) is 4.79 Å². The van der Waals surface area contributed by atoms with Crippen LogP contribution in [0.1, 0.15) is 57.9 Å². The maximum Gasteiger partial charge on any atom is 0.291 e. The van der Waals surface area contributed by atoms with Crippen LogP contribution in [-0.2, 0) is 0 Å². The van der Waals surface area contributed by atoms with E-state index in [0.29, 0.717) is 22.8 Å². The Kier molecular flexibility index (Phi) is 7.27. The van der Waals surface area contributed by atoms with E-state index in [4.69, 9.17) is 9.15 Å². The molecule has 0 fully saturated rings. The second kappa shape index (κ2) is 8.72. The van der Waals surface area contributed by atoms with Crippen molar-refractivity contribution in [2.45, 2.75) is 54.9 Å². The SMILES string of the molecule is COc1oc(\C(C)=C/C(C)=C/C(C)=C/CC(C)C)c(C)c(=O)c1C. The molecule has 0 amide bonds. The Labute approximate surface area is 145 Å². The van der Waals surface area contributed by atoms with Crippen LogP contribution in [0.25, 0.3) is 5.57 Å². The van der Waals surface area contributed by atoms with Gasteiger partial charge in [-0.1, -0.05) is 43.2 Å². The van der Waals surface area contributed by atoms with E-state index in [1.165, 1.54) is 12.7 Å². The minimum atomic E-state index is -0.0320. The van der Waals surface area contributed by atoms with Gasteiger partial charge in [-0.15, -0.1) is 0 Å². The van der Waals surface area contributed by atoms with Crippen LogP contribution < -0.4 is 10.2 Å². The van der Waals surface area contributed by atoms with Crippen molar-refractivity contribution in [3.63, 3.8) is 0 Å². The highest BCUT2D eigenvalue weighted by Crippen LogP contribution is 2.25. The van der Waals surface area contributed by atoms with Gasteiger partial charge in [0, 0.05) is 5.56 Å². The Morgan fingerprint density at radius 1 is 1.08 bits per heavy atom. The molecule has 0 saturated heterocycles. The second-order valence-electron chi connectivity index (χ2n) is 6.80. The zero-order chi connectivity index (χ0) is 18.4. The van der Waals surface area contributed by atoms with E-state index in [-0.39, 0.29) is 11.4 Å². The van der Waals surface area contributed by atoms with Crippen LogP contribution in [0.5, 0.6) is 5.95 Å². The summed E-state index contributed by atoms with van der Waals surface area (Å²) in [6.07, 6.45) is 7.50. The molecule has 132 valence electrons. The number of ether oxygens (including phenoxy) is 1. The highest BCUT2D eigenvalue weighted by atomic mass is 16.6. The predicted octanol–water partition coefficient (Wildman–Crippen LogP) is 5.61. The van der Waals surface area contributed by atoms with E-state index in [1.807, 2.05) is 13.0 Å². The zero-order valence-electron chi connectivity index (χ0n) is 16.2. The molecular formula is C21H30O3. The molecular weight excluding hydrogens is 300 g/mol. The molecule has 3 nitrogen and oxygen atoms in total. The Morgan fingerprint density at radius 3 is 2.25 bits per heavy atom. The molecule has 3 heteroatoms. The average molecular weight is 330 g/mol.